The van der Waals surface area contributed by atoms with Crippen molar-refractivity contribution in [1.29, 1.82) is 0 Å². The van der Waals surface area contributed by atoms with Crippen LogP contribution >= 0.6 is 0 Å². The van der Waals surface area contributed by atoms with E-state index in [1.165, 1.54) is 12.7 Å². The molecule has 3 aromatic rings. The van der Waals surface area contributed by atoms with Crippen LogP contribution < -0.4 is 5.32 Å². The quantitative estimate of drug-likeness (QED) is 0.779. The van der Waals surface area contributed by atoms with Crippen molar-refractivity contribution in [2.24, 2.45) is 0 Å². The maximum atomic E-state index is 11.9. The maximum Gasteiger partial charge on any atom is 0.411 e. The summed E-state index contributed by atoms with van der Waals surface area (Å²) in [7, 11) is 1.38. The normalized spacial score (nSPS) is 14.0. The lowest BCUT2D eigenvalue weighted by Gasteiger charge is -2.30. The zero-order valence-electron chi connectivity index (χ0n) is 14.7. The number of fused-ring (bicyclic) bond motifs is 2. The van der Waals surface area contributed by atoms with Crippen LogP contribution in [-0.2, 0) is 24.2 Å². The first kappa shape index (κ1) is 16.5. The highest BCUT2D eigenvalue weighted by Crippen LogP contribution is 2.32. The lowest BCUT2D eigenvalue weighted by Crippen LogP contribution is -2.31. The second-order valence-electron chi connectivity index (χ2n) is 6.49. The van der Waals surface area contributed by atoms with Crippen molar-refractivity contribution in [2.45, 2.75) is 19.5 Å². The molecule has 0 spiro atoms. The van der Waals surface area contributed by atoms with Gasteiger partial charge < -0.3 is 4.74 Å². The van der Waals surface area contributed by atoms with Gasteiger partial charge in [0.25, 0.3) is 0 Å². The van der Waals surface area contributed by atoms with Crippen LogP contribution in [0.1, 0.15) is 16.8 Å². The summed E-state index contributed by atoms with van der Waals surface area (Å²) < 4.78 is 4.83. The summed E-state index contributed by atoms with van der Waals surface area (Å²) in [6, 6.07) is 18.3. The molecule has 1 aliphatic heterocycles. The minimum Gasteiger partial charge on any atom is -0.453 e. The summed E-state index contributed by atoms with van der Waals surface area (Å²) in [6.07, 6.45) is 0.409. The molecule has 5 nitrogen and oxygen atoms in total. The number of amides is 1. The van der Waals surface area contributed by atoms with E-state index in [-0.39, 0.29) is 0 Å². The molecule has 1 aromatic heterocycles. The molecule has 132 valence electrons. The Balaban J connectivity index is 1.71. The van der Waals surface area contributed by atoms with E-state index < -0.39 is 6.09 Å². The molecule has 0 fully saturated rings. The topological polar surface area (TPSA) is 54.5 Å². The number of aromatic nitrogens is 1. The lowest BCUT2D eigenvalue weighted by atomic mass is 9.99. The Labute approximate surface area is 152 Å². The number of nitrogens with one attached hydrogen (secondary N) is 1. The highest BCUT2D eigenvalue weighted by atomic mass is 16.5. The summed E-state index contributed by atoms with van der Waals surface area (Å²) in [5.74, 6) is 0. The number of hydrogen-bond acceptors (Lipinski definition) is 4. The molecule has 0 atom stereocenters. The van der Waals surface area contributed by atoms with E-state index in [2.05, 4.69) is 34.5 Å². The number of rotatable bonds is 3. The molecule has 4 rings (SSSR count). The van der Waals surface area contributed by atoms with E-state index in [1.807, 2.05) is 30.3 Å². The van der Waals surface area contributed by atoms with E-state index >= 15 is 0 Å². The minimum absolute atomic E-state index is 0.455. The Morgan fingerprint density at radius 1 is 1.15 bits per heavy atom. The van der Waals surface area contributed by atoms with Gasteiger partial charge in [0.2, 0.25) is 0 Å². The first-order chi connectivity index (χ1) is 12.7. The van der Waals surface area contributed by atoms with Crippen molar-refractivity contribution in [3.8, 4) is 0 Å². The van der Waals surface area contributed by atoms with Crippen LogP contribution in [0.5, 0.6) is 0 Å². The Kier molecular flexibility index (Phi) is 4.54. The first-order valence-electron chi connectivity index (χ1n) is 8.76. The molecule has 5 heteroatoms. The molecule has 0 bridgehead atoms. The van der Waals surface area contributed by atoms with Crippen molar-refractivity contribution >= 4 is 22.7 Å². The number of carbonyl (C=O) groups excluding carboxylic acids is 1. The number of para-hydroxylation sites is 1. The summed E-state index contributed by atoms with van der Waals surface area (Å²) in [4.78, 5) is 19.1. The van der Waals surface area contributed by atoms with Gasteiger partial charge in [-0.1, -0.05) is 48.5 Å². The molecule has 0 radical (unpaired) electrons. The summed E-state index contributed by atoms with van der Waals surface area (Å²) in [6.45, 7) is 2.58. The molecule has 0 unspecified atom stereocenters. The van der Waals surface area contributed by atoms with Gasteiger partial charge in [-0.2, -0.15) is 0 Å². The third kappa shape index (κ3) is 3.26. The summed E-state index contributed by atoms with van der Waals surface area (Å²) in [5, 5.41) is 3.86. The fourth-order valence-electron chi connectivity index (χ4n) is 3.52. The van der Waals surface area contributed by atoms with Gasteiger partial charge in [0, 0.05) is 42.7 Å². The van der Waals surface area contributed by atoms with Crippen molar-refractivity contribution < 1.29 is 9.53 Å². The van der Waals surface area contributed by atoms with Crippen LogP contribution in [0, 0.1) is 0 Å². The predicted octanol–water partition coefficient (Wildman–Crippen LogP) is 3.97. The smallest absolute Gasteiger partial charge is 0.411 e. The van der Waals surface area contributed by atoms with E-state index in [1.54, 1.807) is 0 Å². The van der Waals surface area contributed by atoms with Gasteiger partial charge in [-0.25, -0.2) is 4.79 Å². The van der Waals surface area contributed by atoms with Gasteiger partial charge >= 0.3 is 6.09 Å². The summed E-state index contributed by atoms with van der Waals surface area (Å²) >= 11 is 0. The molecule has 2 heterocycles. The average molecular weight is 347 g/mol. The zero-order chi connectivity index (χ0) is 17.9. The van der Waals surface area contributed by atoms with Gasteiger partial charge in [-0.3, -0.25) is 15.2 Å². The van der Waals surface area contributed by atoms with Crippen LogP contribution in [0.15, 0.2) is 54.6 Å². The van der Waals surface area contributed by atoms with E-state index in [9.17, 15) is 4.79 Å². The molecule has 1 amide bonds. The fraction of sp³-hybridized carbons (Fsp3) is 0.238. The van der Waals surface area contributed by atoms with Crippen LogP contribution in [-0.4, -0.2) is 29.6 Å². The SMILES string of the molecule is COC(=O)Nc1c2c(nc3ccccc13)CCN(Cc1ccccc1)C2. The first-order valence-corrected chi connectivity index (χ1v) is 8.76. The largest absolute Gasteiger partial charge is 0.453 e. The van der Waals surface area contributed by atoms with Gasteiger partial charge in [-0.15, -0.1) is 0 Å². The Hall–Kier alpha value is -2.92. The van der Waals surface area contributed by atoms with Crippen molar-refractivity contribution in [3.63, 3.8) is 0 Å². The zero-order valence-corrected chi connectivity index (χ0v) is 14.7. The van der Waals surface area contributed by atoms with Crippen molar-refractivity contribution in [2.75, 3.05) is 19.0 Å². The van der Waals surface area contributed by atoms with Crippen molar-refractivity contribution in [3.05, 3.63) is 71.4 Å². The molecule has 2 aromatic carbocycles. The minimum atomic E-state index is -0.455. The van der Waals surface area contributed by atoms with Gasteiger partial charge in [-0.05, 0) is 11.6 Å². The Morgan fingerprint density at radius 3 is 2.73 bits per heavy atom. The number of anilines is 1. The number of methoxy groups -OCH3 is 1. The Bertz CT molecular complexity index is 941. The van der Waals surface area contributed by atoms with E-state index in [0.29, 0.717) is 0 Å². The summed E-state index contributed by atoms with van der Waals surface area (Å²) in [5.41, 5.74) is 5.13. The number of pyridine rings is 1. The molecule has 1 aliphatic rings. The third-order valence-electron chi connectivity index (χ3n) is 4.79. The van der Waals surface area contributed by atoms with Crippen LogP contribution in [0.3, 0.4) is 0 Å². The average Bonchev–Trinajstić information content (AvgIpc) is 2.69. The maximum absolute atomic E-state index is 11.9. The van der Waals surface area contributed by atoms with Crippen LogP contribution in [0.25, 0.3) is 10.9 Å². The van der Waals surface area contributed by atoms with Gasteiger partial charge in [0.1, 0.15) is 0 Å². The highest BCUT2D eigenvalue weighted by molar-refractivity contribution is 6.00. The van der Waals surface area contributed by atoms with E-state index in [0.717, 1.165) is 53.9 Å². The van der Waals surface area contributed by atoms with Crippen molar-refractivity contribution in [1.82, 2.24) is 9.88 Å². The molecular formula is C21H21N3O2. The number of benzene rings is 2. The van der Waals surface area contributed by atoms with Crippen LogP contribution in [0.4, 0.5) is 10.5 Å². The molecular weight excluding hydrogens is 326 g/mol. The molecule has 0 saturated heterocycles. The standard InChI is InChI=1S/C21H21N3O2/c1-26-21(25)23-20-16-9-5-6-10-18(16)22-19-11-12-24(14-17(19)20)13-15-7-3-2-4-8-15/h2-10H,11-14H2,1H3,(H,22,23,25). The predicted molar refractivity (Wildman–Crippen MR) is 102 cm³/mol. The highest BCUT2D eigenvalue weighted by Gasteiger charge is 2.23. The number of ether oxygens (including phenoxy) is 1. The van der Waals surface area contributed by atoms with E-state index in [4.69, 9.17) is 9.72 Å². The second-order valence-corrected chi connectivity index (χ2v) is 6.49. The fourth-order valence-corrected chi connectivity index (χ4v) is 3.52. The number of carbonyl (C=O) groups is 1. The van der Waals surface area contributed by atoms with Gasteiger partial charge in [0.15, 0.2) is 0 Å². The number of nitrogens with zero attached hydrogens (tertiary/aromatic N) is 2. The van der Waals surface area contributed by atoms with Crippen LogP contribution in [0.2, 0.25) is 0 Å². The second kappa shape index (κ2) is 7.14. The monoisotopic (exact) mass is 347 g/mol. The Morgan fingerprint density at radius 2 is 1.92 bits per heavy atom. The number of hydrogen-bond donors (Lipinski definition) is 1. The lowest BCUT2D eigenvalue weighted by molar-refractivity contribution is 0.186. The molecule has 0 saturated carbocycles. The molecule has 0 aliphatic carbocycles. The van der Waals surface area contributed by atoms with Gasteiger partial charge in [0.05, 0.1) is 18.3 Å². The molecule has 1 N–H and O–H groups in total. The third-order valence-corrected chi connectivity index (χ3v) is 4.79. The molecule has 26 heavy (non-hydrogen) atoms.